The zero-order valence-corrected chi connectivity index (χ0v) is 12.2. The van der Waals surface area contributed by atoms with Crippen LogP contribution in [0.3, 0.4) is 0 Å². The van der Waals surface area contributed by atoms with E-state index in [1.54, 1.807) is 0 Å². The van der Waals surface area contributed by atoms with Gasteiger partial charge < -0.3 is 9.30 Å². The fourth-order valence-electron chi connectivity index (χ4n) is 2.26. The number of ether oxygens (including phenoxy) is 1. The lowest BCUT2D eigenvalue weighted by atomic mass is 10.2. The van der Waals surface area contributed by atoms with Crippen LogP contribution in [0.15, 0.2) is 59.2 Å². The number of aromatic nitrogens is 1. The average Bonchev–Trinajstić information content (AvgIpc) is 2.74. The summed E-state index contributed by atoms with van der Waals surface area (Å²) in [5, 5.41) is 1.25. The van der Waals surface area contributed by atoms with Gasteiger partial charge in [-0.3, -0.25) is 0 Å². The third kappa shape index (κ3) is 2.51. The monoisotopic (exact) mass is 315 g/mol. The van der Waals surface area contributed by atoms with E-state index < -0.39 is 0 Å². The Bertz CT molecular complexity index is 718. The van der Waals surface area contributed by atoms with Crippen LogP contribution in [0.4, 0.5) is 0 Å². The van der Waals surface area contributed by atoms with Crippen LogP contribution in [0.2, 0.25) is 0 Å². The molecule has 0 saturated heterocycles. The molecule has 0 N–H and O–H groups in total. The number of halogens is 1. The van der Waals surface area contributed by atoms with Gasteiger partial charge in [0, 0.05) is 34.2 Å². The molecule has 0 aliphatic rings. The van der Waals surface area contributed by atoms with Crippen molar-refractivity contribution in [1.29, 1.82) is 0 Å². The molecule has 0 saturated carbocycles. The summed E-state index contributed by atoms with van der Waals surface area (Å²) in [5.41, 5.74) is 2.44. The van der Waals surface area contributed by atoms with Crippen molar-refractivity contribution >= 4 is 26.8 Å². The van der Waals surface area contributed by atoms with Gasteiger partial charge in [-0.1, -0.05) is 40.2 Å². The smallest absolute Gasteiger partial charge is 0.120 e. The summed E-state index contributed by atoms with van der Waals surface area (Å²) in [7, 11) is 2.06. The highest BCUT2D eigenvalue weighted by atomic mass is 79.9. The quantitative estimate of drug-likeness (QED) is 0.693. The van der Waals surface area contributed by atoms with Crippen molar-refractivity contribution in [1.82, 2.24) is 4.57 Å². The molecule has 2 nitrogen and oxygen atoms in total. The number of hydrogen-bond acceptors (Lipinski definition) is 1. The van der Waals surface area contributed by atoms with E-state index in [2.05, 4.69) is 58.0 Å². The molecule has 1 aromatic heterocycles. The topological polar surface area (TPSA) is 14.2 Å². The average molecular weight is 316 g/mol. The van der Waals surface area contributed by atoms with Crippen molar-refractivity contribution in [3.63, 3.8) is 0 Å². The molecule has 1 heterocycles. The lowest BCUT2D eigenvalue weighted by Crippen LogP contribution is -1.94. The molecule has 3 rings (SSSR count). The molecule has 0 atom stereocenters. The first-order valence-electron chi connectivity index (χ1n) is 6.15. The third-order valence-electron chi connectivity index (χ3n) is 3.17. The van der Waals surface area contributed by atoms with Crippen LogP contribution in [-0.4, -0.2) is 4.57 Å². The summed E-state index contributed by atoms with van der Waals surface area (Å²) in [4.78, 5) is 0. The minimum atomic E-state index is 0.581. The molecule has 2 aromatic carbocycles. The minimum Gasteiger partial charge on any atom is -0.489 e. The van der Waals surface area contributed by atoms with Crippen molar-refractivity contribution in [2.45, 2.75) is 6.61 Å². The van der Waals surface area contributed by atoms with Gasteiger partial charge in [-0.05, 0) is 24.3 Å². The van der Waals surface area contributed by atoms with Crippen molar-refractivity contribution < 1.29 is 4.74 Å². The Morgan fingerprint density at radius 1 is 1.11 bits per heavy atom. The van der Waals surface area contributed by atoms with E-state index in [9.17, 15) is 0 Å². The predicted molar refractivity (Wildman–Crippen MR) is 81.4 cm³/mol. The van der Waals surface area contributed by atoms with Gasteiger partial charge in [-0.25, -0.2) is 0 Å². The number of nitrogens with zero attached hydrogens (tertiary/aromatic N) is 1. The molecule has 0 unspecified atom stereocenters. The molecule has 0 bridgehead atoms. The second-order valence-electron chi connectivity index (χ2n) is 4.53. The summed E-state index contributed by atoms with van der Waals surface area (Å²) in [6.45, 7) is 0.581. The van der Waals surface area contributed by atoms with E-state index in [1.807, 2.05) is 24.3 Å². The maximum atomic E-state index is 5.85. The van der Waals surface area contributed by atoms with Crippen molar-refractivity contribution in [3.8, 4) is 5.75 Å². The van der Waals surface area contributed by atoms with Gasteiger partial charge in [0.1, 0.15) is 12.4 Å². The highest BCUT2D eigenvalue weighted by Crippen LogP contribution is 2.23. The van der Waals surface area contributed by atoms with Gasteiger partial charge in [0.05, 0.1) is 0 Å². The largest absolute Gasteiger partial charge is 0.489 e. The van der Waals surface area contributed by atoms with E-state index in [1.165, 1.54) is 16.5 Å². The predicted octanol–water partition coefficient (Wildman–Crippen LogP) is 4.52. The molecule has 3 aromatic rings. The van der Waals surface area contributed by atoms with E-state index in [0.29, 0.717) is 6.61 Å². The number of aryl methyl sites for hydroxylation is 1. The molecule has 0 aliphatic carbocycles. The first kappa shape index (κ1) is 12.3. The van der Waals surface area contributed by atoms with Crippen LogP contribution in [0.1, 0.15) is 5.56 Å². The van der Waals surface area contributed by atoms with Crippen LogP contribution in [0.5, 0.6) is 5.75 Å². The number of hydrogen-bond donors (Lipinski definition) is 0. The Kier molecular flexibility index (Phi) is 3.30. The number of para-hydroxylation sites is 1. The molecule has 0 amide bonds. The normalized spacial score (nSPS) is 10.8. The third-order valence-corrected chi connectivity index (χ3v) is 3.66. The molecule has 3 heteroatoms. The summed E-state index contributed by atoms with van der Waals surface area (Å²) in [6, 6.07) is 16.3. The zero-order chi connectivity index (χ0) is 13.2. The van der Waals surface area contributed by atoms with Crippen molar-refractivity contribution in [2.24, 2.45) is 7.05 Å². The maximum Gasteiger partial charge on any atom is 0.120 e. The fourth-order valence-corrected chi connectivity index (χ4v) is 2.64. The summed E-state index contributed by atoms with van der Waals surface area (Å²) < 4.78 is 9.02. The minimum absolute atomic E-state index is 0.581. The summed E-state index contributed by atoms with van der Waals surface area (Å²) in [5.74, 6) is 0.877. The van der Waals surface area contributed by atoms with Crippen molar-refractivity contribution in [2.75, 3.05) is 0 Å². The van der Waals surface area contributed by atoms with Crippen molar-refractivity contribution in [3.05, 3.63) is 64.8 Å². The first-order chi connectivity index (χ1) is 9.24. The van der Waals surface area contributed by atoms with Crippen LogP contribution in [0.25, 0.3) is 10.9 Å². The van der Waals surface area contributed by atoms with Gasteiger partial charge in [0.25, 0.3) is 0 Å². The Morgan fingerprint density at radius 2 is 1.95 bits per heavy atom. The van der Waals surface area contributed by atoms with E-state index in [-0.39, 0.29) is 0 Å². The first-order valence-corrected chi connectivity index (χ1v) is 6.94. The molecule has 0 radical (unpaired) electrons. The number of benzene rings is 2. The molecule has 19 heavy (non-hydrogen) atoms. The van der Waals surface area contributed by atoms with E-state index in [4.69, 9.17) is 4.74 Å². The van der Waals surface area contributed by atoms with Crippen LogP contribution in [-0.2, 0) is 13.7 Å². The van der Waals surface area contributed by atoms with E-state index >= 15 is 0 Å². The molecular formula is C16H14BrNO. The Morgan fingerprint density at radius 3 is 2.79 bits per heavy atom. The van der Waals surface area contributed by atoms with Crippen LogP contribution in [0, 0.1) is 0 Å². The van der Waals surface area contributed by atoms with Gasteiger partial charge in [0.15, 0.2) is 0 Å². The van der Waals surface area contributed by atoms with E-state index in [0.717, 1.165) is 10.2 Å². The highest BCUT2D eigenvalue weighted by molar-refractivity contribution is 9.10. The second-order valence-corrected chi connectivity index (χ2v) is 5.44. The van der Waals surface area contributed by atoms with Crippen LogP contribution >= 0.6 is 15.9 Å². The van der Waals surface area contributed by atoms with Gasteiger partial charge in [0.2, 0.25) is 0 Å². The molecule has 96 valence electrons. The molecule has 0 aliphatic heterocycles. The second kappa shape index (κ2) is 5.10. The molecular weight excluding hydrogens is 302 g/mol. The van der Waals surface area contributed by atoms with Gasteiger partial charge >= 0.3 is 0 Å². The fraction of sp³-hybridized carbons (Fsp3) is 0.125. The lowest BCUT2D eigenvalue weighted by Gasteiger charge is -2.05. The summed E-state index contributed by atoms with van der Waals surface area (Å²) >= 11 is 3.45. The summed E-state index contributed by atoms with van der Waals surface area (Å²) in [6.07, 6.45) is 2.13. The molecule has 0 spiro atoms. The van der Waals surface area contributed by atoms with Gasteiger partial charge in [-0.2, -0.15) is 0 Å². The zero-order valence-electron chi connectivity index (χ0n) is 10.6. The standard InChI is InChI=1S/C16H14BrNO/c1-18-10-12(15-7-2-3-8-16(15)18)11-19-14-6-4-5-13(17)9-14/h2-10H,11H2,1H3. The Hall–Kier alpha value is -1.74. The highest BCUT2D eigenvalue weighted by Gasteiger charge is 2.06. The molecule has 0 fully saturated rings. The van der Waals surface area contributed by atoms with Gasteiger partial charge in [-0.15, -0.1) is 0 Å². The maximum absolute atomic E-state index is 5.85. The number of rotatable bonds is 3. The number of fused-ring (bicyclic) bond motifs is 1. The SMILES string of the molecule is Cn1cc(COc2cccc(Br)c2)c2ccccc21. The Labute approximate surface area is 120 Å². The lowest BCUT2D eigenvalue weighted by molar-refractivity contribution is 0.307. The Balaban J connectivity index is 1.86. The van der Waals surface area contributed by atoms with Crippen LogP contribution < -0.4 is 4.74 Å².